The smallest absolute Gasteiger partial charge is 0.328 e. The zero-order valence-corrected chi connectivity index (χ0v) is 33.2. The molecule has 4 fully saturated rings. The van der Waals surface area contributed by atoms with Crippen LogP contribution >= 0.6 is 0 Å². The Morgan fingerprint density at radius 1 is 0.741 bits per heavy atom. The van der Waals surface area contributed by atoms with Gasteiger partial charge in [0.1, 0.15) is 29.3 Å². The lowest BCUT2D eigenvalue weighted by molar-refractivity contribution is -0.120. The summed E-state index contributed by atoms with van der Waals surface area (Å²) < 4.78 is 8.12. The van der Waals surface area contributed by atoms with Crippen molar-refractivity contribution in [3.8, 4) is 22.8 Å². The van der Waals surface area contributed by atoms with Crippen molar-refractivity contribution in [2.45, 2.75) is 56.9 Å². The van der Waals surface area contributed by atoms with Crippen molar-refractivity contribution in [1.29, 1.82) is 0 Å². The third-order valence-electron chi connectivity index (χ3n) is 12.7. The van der Waals surface area contributed by atoms with Gasteiger partial charge < -0.3 is 25.2 Å². The Bertz CT molecular complexity index is 2180. The third kappa shape index (κ3) is 8.57. The Morgan fingerprint density at radius 2 is 1.45 bits per heavy atom. The van der Waals surface area contributed by atoms with Gasteiger partial charge in [0.05, 0.1) is 11.4 Å². The van der Waals surface area contributed by atoms with Crippen LogP contribution in [0.2, 0.25) is 0 Å². The summed E-state index contributed by atoms with van der Waals surface area (Å²) in [4.78, 5) is 42.4. The lowest BCUT2D eigenvalue weighted by Gasteiger charge is -2.34. The molecule has 9 rings (SSSR count). The number of para-hydroxylation sites is 1. The molecule has 302 valence electrons. The summed E-state index contributed by atoms with van der Waals surface area (Å²) in [6.07, 6.45) is 8.78. The first kappa shape index (κ1) is 38.2. The second-order valence-corrected chi connectivity index (χ2v) is 16.5. The fraction of sp³-hybridized carbons (Fsp3) is 0.444. The normalized spacial score (nSPS) is 20.6. The number of hydrogen-bond donors (Lipinski definition) is 2. The number of fused-ring (bicyclic) bond motifs is 1. The third-order valence-corrected chi connectivity index (χ3v) is 12.7. The highest BCUT2D eigenvalue weighted by molar-refractivity contribution is 6.05. The highest BCUT2D eigenvalue weighted by Gasteiger charge is 2.30. The molecule has 4 aliphatic rings. The Balaban J connectivity index is 0.706. The minimum atomic E-state index is -0.327. The van der Waals surface area contributed by atoms with E-state index in [1.807, 2.05) is 66.7 Å². The van der Waals surface area contributed by atoms with Gasteiger partial charge in [-0.2, -0.15) is 5.10 Å². The largest absolute Gasteiger partial charge is 0.457 e. The molecule has 0 radical (unpaired) electrons. The van der Waals surface area contributed by atoms with E-state index in [0.717, 1.165) is 91.0 Å². The number of nitrogens with two attached hydrogens (primary N) is 1. The van der Waals surface area contributed by atoms with Crippen molar-refractivity contribution in [3.63, 3.8) is 0 Å². The standard InChI is InChI=1S/C45H54N10O3/c46-43-41-42(35-9-13-39(14-10-35)58-38-5-2-1-3-6-38)50-55(44(41)48-31-47-43)37-18-26-51(27-19-37)21-4-22-52-23-15-32(29-52)30-53-24-16-34(17-25-53)33-7-11-36(12-8-33)54-28-20-40(56)49-45(54)57/h1-3,5-14,31-32,34,37H,4,15-30H2,(H2,46,47,48)(H,49,56,57). The Morgan fingerprint density at radius 3 is 2.21 bits per heavy atom. The van der Waals surface area contributed by atoms with Crippen LogP contribution in [0.25, 0.3) is 22.3 Å². The van der Waals surface area contributed by atoms with E-state index < -0.39 is 0 Å². The van der Waals surface area contributed by atoms with Crippen LogP contribution in [0.15, 0.2) is 85.2 Å². The highest BCUT2D eigenvalue weighted by atomic mass is 16.5. The second kappa shape index (κ2) is 17.2. The fourth-order valence-corrected chi connectivity index (χ4v) is 9.48. The predicted molar refractivity (Wildman–Crippen MR) is 226 cm³/mol. The summed E-state index contributed by atoms with van der Waals surface area (Å²) in [5.74, 6) is 3.12. The summed E-state index contributed by atoms with van der Waals surface area (Å²) >= 11 is 0. The van der Waals surface area contributed by atoms with Crippen molar-refractivity contribution in [1.82, 2.24) is 39.8 Å². The number of imide groups is 1. The molecular weight excluding hydrogens is 729 g/mol. The molecule has 0 aliphatic carbocycles. The molecule has 3 aromatic carbocycles. The summed E-state index contributed by atoms with van der Waals surface area (Å²) in [6.45, 7) is 10.7. The van der Waals surface area contributed by atoms with E-state index in [1.165, 1.54) is 57.4 Å². The number of likely N-dealkylation sites (tertiary alicyclic amines) is 3. The van der Waals surface area contributed by atoms with E-state index in [2.05, 4.69) is 46.8 Å². The van der Waals surface area contributed by atoms with Crippen LogP contribution in [-0.2, 0) is 4.79 Å². The van der Waals surface area contributed by atoms with Gasteiger partial charge in [0.15, 0.2) is 5.65 Å². The number of benzene rings is 3. The molecule has 13 nitrogen and oxygen atoms in total. The molecule has 1 unspecified atom stereocenters. The van der Waals surface area contributed by atoms with Gasteiger partial charge >= 0.3 is 6.03 Å². The number of nitrogens with one attached hydrogen (secondary N) is 1. The monoisotopic (exact) mass is 782 g/mol. The molecule has 2 aromatic heterocycles. The van der Waals surface area contributed by atoms with E-state index in [4.69, 9.17) is 15.6 Å². The van der Waals surface area contributed by atoms with Crippen LogP contribution in [0.3, 0.4) is 0 Å². The molecule has 0 bridgehead atoms. The summed E-state index contributed by atoms with van der Waals surface area (Å²) in [7, 11) is 0. The zero-order valence-electron chi connectivity index (χ0n) is 33.2. The number of carbonyl (C=O) groups excluding carboxylic acids is 2. The van der Waals surface area contributed by atoms with Crippen molar-refractivity contribution in [3.05, 3.63) is 90.8 Å². The van der Waals surface area contributed by atoms with E-state index in [9.17, 15) is 9.59 Å². The van der Waals surface area contributed by atoms with Gasteiger partial charge in [-0.1, -0.05) is 30.3 Å². The average Bonchev–Trinajstić information content (AvgIpc) is 3.87. The number of aromatic nitrogens is 4. The maximum Gasteiger partial charge on any atom is 0.328 e. The van der Waals surface area contributed by atoms with Gasteiger partial charge in [-0.25, -0.2) is 19.4 Å². The first-order valence-corrected chi connectivity index (χ1v) is 21.1. The van der Waals surface area contributed by atoms with Crippen molar-refractivity contribution in [2.75, 3.05) is 76.1 Å². The number of carbonyl (C=O) groups is 2. The Hall–Kier alpha value is -5.37. The molecule has 4 saturated heterocycles. The maximum absolute atomic E-state index is 12.2. The molecule has 4 aliphatic heterocycles. The molecule has 0 saturated carbocycles. The maximum atomic E-state index is 12.2. The zero-order chi connectivity index (χ0) is 39.4. The van der Waals surface area contributed by atoms with Crippen molar-refractivity contribution in [2.24, 2.45) is 5.92 Å². The Labute approximate surface area is 340 Å². The summed E-state index contributed by atoms with van der Waals surface area (Å²) in [6, 6.07) is 26.1. The molecule has 1 atom stereocenters. The molecular formula is C45H54N10O3. The number of hydrogen-bond acceptors (Lipinski definition) is 10. The van der Waals surface area contributed by atoms with Crippen LogP contribution in [0.1, 0.15) is 62.5 Å². The van der Waals surface area contributed by atoms with E-state index in [-0.39, 0.29) is 18.0 Å². The molecule has 3 N–H and O–H groups in total. The van der Waals surface area contributed by atoms with Gasteiger partial charge in [0.2, 0.25) is 5.91 Å². The number of nitrogen functional groups attached to an aromatic ring is 1. The second-order valence-electron chi connectivity index (χ2n) is 16.5. The number of rotatable bonds is 12. The van der Waals surface area contributed by atoms with Crippen LogP contribution in [0, 0.1) is 5.92 Å². The lowest BCUT2D eigenvalue weighted by atomic mass is 9.89. The fourth-order valence-electron chi connectivity index (χ4n) is 9.48. The first-order valence-electron chi connectivity index (χ1n) is 21.1. The number of urea groups is 1. The van der Waals surface area contributed by atoms with E-state index in [1.54, 1.807) is 11.2 Å². The van der Waals surface area contributed by atoms with Gasteiger partial charge in [-0.05, 0) is 137 Å². The first-order chi connectivity index (χ1) is 28.4. The van der Waals surface area contributed by atoms with Crippen LogP contribution in [0.5, 0.6) is 11.5 Å². The summed E-state index contributed by atoms with van der Waals surface area (Å²) in [5, 5.41) is 8.35. The molecule has 3 amide bonds. The number of anilines is 2. The number of piperidine rings is 2. The quantitative estimate of drug-likeness (QED) is 0.144. The van der Waals surface area contributed by atoms with Crippen LogP contribution in [0.4, 0.5) is 16.3 Å². The number of amides is 3. The molecule has 0 spiro atoms. The number of ether oxygens (including phenoxy) is 1. The van der Waals surface area contributed by atoms with Crippen molar-refractivity contribution >= 4 is 34.5 Å². The lowest BCUT2D eigenvalue weighted by Crippen LogP contribution is -2.49. The van der Waals surface area contributed by atoms with E-state index >= 15 is 0 Å². The van der Waals surface area contributed by atoms with Crippen LogP contribution in [-0.4, -0.2) is 112 Å². The SMILES string of the molecule is Nc1ncnc2c1c(-c1ccc(Oc3ccccc3)cc1)nn2C1CCN(CCCN2CCC(CN3CCC(c4ccc(N5CCC(=O)NC5=O)cc4)CC3)C2)CC1. The summed E-state index contributed by atoms with van der Waals surface area (Å²) in [5.41, 5.74) is 11.2. The average molecular weight is 783 g/mol. The van der Waals surface area contributed by atoms with Crippen LogP contribution < -0.4 is 20.7 Å². The highest BCUT2D eigenvalue weighted by Crippen LogP contribution is 2.36. The topological polar surface area (TPSA) is 138 Å². The van der Waals surface area contributed by atoms with Gasteiger partial charge in [-0.3, -0.25) is 15.0 Å². The minimum Gasteiger partial charge on any atom is -0.457 e. The molecule has 6 heterocycles. The molecule has 58 heavy (non-hydrogen) atoms. The Kier molecular flexibility index (Phi) is 11.3. The van der Waals surface area contributed by atoms with Gasteiger partial charge in [0.25, 0.3) is 0 Å². The van der Waals surface area contributed by atoms with Gasteiger partial charge in [-0.15, -0.1) is 0 Å². The number of nitrogens with zero attached hydrogens (tertiary/aromatic N) is 8. The van der Waals surface area contributed by atoms with Crippen molar-refractivity contribution < 1.29 is 14.3 Å². The minimum absolute atomic E-state index is 0.202. The predicted octanol–water partition coefficient (Wildman–Crippen LogP) is 6.54. The van der Waals surface area contributed by atoms with E-state index in [0.29, 0.717) is 24.7 Å². The molecule has 5 aromatic rings. The van der Waals surface area contributed by atoms with Gasteiger partial charge in [0, 0.05) is 50.4 Å². The molecule has 13 heteroatoms.